The molecule has 0 saturated heterocycles. The Morgan fingerprint density at radius 1 is 1.03 bits per heavy atom. The van der Waals surface area contributed by atoms with Crippen LogP contribution >= 0.6 is 11.6 Å². The number of aromatic nitrogens is 1. The number of hydrogen-bond donors (Lipinski definition) is 2. The fraction of sp³-hybridized carbons (Fsp3) is 0.333. The maximum atomic E-state index is 12.5. The van der Waals surface area contributed by atoms with E-state index in [4.69, 9.17) is 11.6 Å². The number of nitrogens with zero attached hydrogens (tertiary/aromatic N) is 1. The molecule has 1 aliphatic rings. The van der Waals surface area contributed by atoms with Crippen LogP contribution in [0.4, 0.5) is 5.69 Å². The summed E-state index contributed by atoms with van der Waals surface area (Å²) in [6, 6.07) is 16.4. The van der Waals surface area contributed by atoms with Gasteiger partial charge in [0.1, 0.15) is 0 Å². The van der Waals surface area contributed by atoms with Crippen LogP contribution in [0.25, 0.3) is 10.9 Å². The second-order valence-electron chi connectivity index (χ2n) is 7.74. The Bertz CT molecular complexity index is 995. The summed E-state index contributed by atoms with van der Waals surface area (Å²) in [5.74, 6) is 0.0288. The molecule has 2 N–H and O–H groups in total. The molecule has 1 fully saturated rings. The molecule has 5 heteroatoms. The molecular formula is C24H26ClN3O. The number of fused-ring (bicyclic) bond motifs is 1. The minimum absolute atomic E-state index is 0.0288. The molecule has 1 saturated carbocycles. The molecule has 29 heavy (non-hydrogen) atoms. The Labute approximate surface area is 176 Å². The van der Waals surface area contributed by atoms with Crippen molar-refractivity contribution in [1.82, 2.24) is 10.3 Å². The first-order valence-electron chi connectivity index (χ1n) is 10.3. The van der Waals surface area contributed by atoms with Crippen molar-refractivity contribution in [2.24, 2.45) is 0 Å². The van der Waals surface area contributed by atoms with Gasteiger partial charge in [0.25, 0.3) is 5.91 Å². The van der Waals surface area contributed by atoms with Gasteiger partial charge in [-0.3, -0.25) is 9.78 Å². The minimum Gasteiger partial charge on any atom is -0.382 e. The quantitative estimate of drug-likeness (QED) is 0.578. The van der Waals surface area contributed by atoms with E-state index in [9.17, 15) is 4.79 Å². The van der Waals surface area contributed by atoms with Gasteiger partial charge >= 0.3 is 0 Å². The third-order valence-corrected chi connectivity index (χ3v) is 5.99. The lowest BCUT2D eigenvalue weighted by Gasteiger charge is -2.30. The van der Waals surface area contributed by atoms with Crippen LogP contribution in [0.2, 0.25) is 5.02 Å². The Hall–Kier alpha value is -2.59. The first-order valence-corrected chi connectivity index (χ1v) is 10.7. The van der Waals surface area contributed by atoms with Gasteiger partial charge in [-0.1, -0.05) is 30.7 Å². The molecule has 0 atom stereocenters. The van der Waals surface area contributed by atoms with Crippen molar-refractivity contribution in [2.45, 2.75) is 51.1 Å². The lowest BCUT2D eigenvalue weighted by atomic mass is 9.90. The van der Waals surface area contributed by atoms with E-state index >= 15 is 0 Å². The molecule has 1 aliphatic carbocycles. The highest BCUT2D eigenvalue weighted by Gasteiger charge is 2.23. The van der Waals surface area contributed by atoms with Gasteiger partial charge in [0, 0.05) is 39.9 Å². The largest absolute Gasteiger partial charge is 0.382 e. The molecular weight excluding hydrogens is 382 g/mol. The van der Waals surface area contributed by atoms with Crippen molar-refractivity contribution < 1.29 is 4.79 Å². The summed E-state index contributed by atoms with van der Waals surface area (Å²) in [4.78, 5) is 16.9. The van der Waals surface area contributed by atoms with Gasteiger partial charge in [0.15, 0.2) is 0 Å². The first-order chi connectivity index (χ1) is 14.1. The van der Waals surface area contributed by atoms with E-state index in [2.05, 4.69) is 22.5 Å². The van der Waals surface area contributed by atoms with Crippen molar-refractivity contribution in [3.63, 3.8) is 0 Å². The highest BCUT2D eigenvalue weighted by Crippen LogP contribution is 2.28. The summed E-state index contributed by atoms with van der Waals surface area (Å²) in [6.07, 6.45) is 6.81. The first kappa shape index (κ1) is 19.7. The molecule has 4 nitrogen and oxygen atoms in total. The topological polar surface area (TPSA) is 54.0 Å². The Morgan fingerprint density at radius 3 is 2.48 bits per heavy atom. The van der Waals surface area contributed by atoms with Crippen molar-refractivity contribution in [3.05, 3.63) is 70.9 Å². The maximum Gasteiger partial charge on any atom is 0.251 e. The van der Waals surface area contributed by atoms with Crippen LogP contribution in [0.1, 0.15) is 48.5 Å². The lowest BCUT2D eigenvalue weighted by molar-refractivity contribution is 0.0926. The van der Waals surface area contributed by atoms with Gasteiger partial charge in [-0.15, -0.1) is 0 Å². The summed E-state index contributed by atoms with van der Waals surface area (Å²) >= 11 is 6.08. The number of rotatable bonds is 5. The fourth-order valence-corrected chi connectivity index (χ4v) is 4.18. The molecule has 0 spiro atoms. The number of carbonyl (C=O) groups excluding carboxylic acids is 1. The van der Waals surface area contributed by atoms with Crippen molar-refractivity contribution in [2.75, 3.05) is 5.32 Å². The number of carbonyl (C=O) groups is 1. The minimum atomic E-state index is 0.0288. The zero-order valence-corrected chi connectivity index (χ0v) is 17.4. The number of amides is 1. The maximum absolute atomic E-state index is 12.5. The summed E-state index contributed by atoms with van der Waals surface area (Å²) in [6.45, 7) is 2.12. The number of hydrogen-bond acceptors (Lipinski definition) is 3. The highest BCUT2D eigenvalue weighted by molar-refractivity contribution is 6.31. The third-order valence-electron chi connectivity index (χ3n) is 5.75. The molecule has 1 heterocycles. The molecule has 1 aromatic heterocycles. The van der Waals surface area contributed by atoms with E-state index in [-0.39, 0.29) is 11.9 Å². The van der Waals surface area contributed by atoms with Gasteiger partial charge in [0.05, 0.1) is 5.52 Å². The number of nitrogens with one attached hydrogen (secondary N) is 2. The zero-order valence-electron chi connectivity index (χ0n) is 16.6. The van der Waals surface area contributed by atoms with E-state index < -0.39 is 0 Å². The second kappa shape index (κ2) is 8.83. The van der Waals surface area contributed by atoms with Crippen LogP contribution in [0.5, 0.6) is 0 Å². The SMILES string of the molecule is CCc1ccc(C(=O)N[C@H]2CC[C@@H](Nc3ccnc4cc(Cl)ccc34)CC2)cc1. The molecule has 2 aromatic carbocycles. The molecule has 0 bridgehead atoms. The van der Waals surface area contributed by atoms with Gasteiger partial charge in [-0.2, -0.15) is 0 Å². The average Bonchev–Trinajstić information content (AvgIpc) is 2.75. The van der Waals surface area contributed by atoms with Crippen molar-refractivity contribution in [1.29, 1.82) is 0 Å². The molecule has 150 valence electrons. The summed E-state index contributed by atoms with van der Waals surface area (Å²) < 4.78 is 0. The molecule has 0 unspecified atom stereocenters. The standard InChI is InChI=1S/C24H26ClN3O/c1-2-16-3-5-17(6-4-16)24(29)28-20-10-8-19(9-11-20)27-22-13-14-26-23-15-18(25)7-12-21(22)23/h3-7,12-15,19-20H,2,8-11H2,1H3,(H,26,27)(H,28,29)/t19-,20+. The van der Waals surface area contributed by atoms with Crippen LogP contribution in [0.15, 0.2) is 54.7 Å². The lowest BCUT2D eigenvalue weighted by Crippen LogP contribution is -2.40. The zero-order chi connectivity index (χ0) is 20.2. The van der Waals surface area contributed by atoms with Crippen molar-refractivity contribution in [3.8, 4) is 0 Å². The normalized spacial score (nSPS) is 19.1. The summed E-state index contributed by atoms with van der Waals surface area (Å²) in [5, 5.41) is 8.65. The van der Waals surface area contributed by atoms with Crippen LogP contribution in [0, 0.1) is 0 Å². The van der Waals surface area contributed by atoms with Crippen LogP contribution in [-0.4, -0.2) is 23.0 Å². The number of halogens is 1. The van der Waals surface area contributed by atoms with Gasteiger partial charge in [-0.05, 0) is 74.1 Å². The predicted octanol–water partition coefficient (Wildman–Crippen LogP) is 5.60. The fourth-order valence-electron chi connectivity index (χ4n) is 4.01. The molecule has 3 aromatic rings. The highest BCUT2D eigenvalue weighted by atomic mass is 35.5. The van der Waals surface area contributed by atoms with E-state index in [1.54, 1.807) is 0 Å². The van der Waals surface area contributed by atoms with Gasteiger partial charge in [-0.25, -0.2) is 0 Å². The van der Waals surface area contributed by atoms with Crippen LogP contribution in [0.3, 0.4) is 0 Å². The monoisotopic (exact) mass is 407 g/mol. The van der Waals surface area contributed by atoms with Crippen LogP contribution in [-0.2, 0) is 6.42 Å². The number of aryl methyl sites for hydroxylation is 1. The summed E-state index contributed by atoms with van der Waals surface area (Å²) in [7, 11) is 0. The van der Waals surface area contributed by atoms with Crippen LogP contribution < -0.4 is 10.6 Å². The third kappa shape index (κ3) is 4.70. The number of anilines is 1. The second-order valence-corrected chi connectivity index (χ2v) is 8.17. The average molecular weight is 408 g/mol. The molecule has 4 rings (SSSR count). The van der Waals surface area contributed by atoms with E-state index in [0.29, 0.717) is 11.1 Å². The molecule has 1 amide bonds. The molecule has 0 radical (unpaired) electrons. The Balaban J connectivity index is 1.33. The Morgan fingerprint density at radius 2 is 1.76 bits per heavy atom. The number of pyridine rings is 1. The van der Waals surface area contributed by atoms with E-state index in [1.807, 2.05) is 54.7 Å². The molecule has 0 aliphatic heterocycles. The van der Waals surface area contributed by atoms with E-state index in [0.717, 1.165) is 54.3 Å². The smallest absolute Gasteiger partial charge is 0.251 e. The van der Waals surface area contributed by atoms with E-state index in [1.165, 1.54) is 5.56 Å². The van der Waals surface area contributed by atoms with Gasteiger partial charge in [0.2, 0.25) is 0 Å². The predicted molar refractivity (Wildman–Crippen MR) is 120 cm³/mol. The van der Waals surface area contributed by atoms with Crippen molar-refractivity contribution >= 4 is 34.1 Å². The number of benzene rings is 2. The summed E-state index contributed by atoms with van der Waals surface area (Å²) in [5.41, 5.74) is 3.98. The Kier molecular flexibility index (Phi) is 6.00. The van der Waals surface area contributed by atoms with Gasteiger partial charge < -0.3 is 10.6 Å².